The minimum Gasteiger partial charge on any atom is -0.383 e. The lowest BCUT2D eigenvalue weighted by molar-refractivity contribution is 0.0950. The van der Waals surface area contributed by atoms with Gasteiger partial charge in [-0.2, -0.15) is 5.10 Å². The van der Waals surface area contributed by atoms with Gasteiger partial charge in [0.15, 0.2) is 0 Å². The van der Waals surface area contributed by atoms with Crippen LogP contribution in [-0.2, 0) is 11.3 Å². The molecule has 2 aromatic rings. The Morgan fingerprint density at radius 2 is 2.10 bits per heavy atom. The molecule has 21 heavy (non-hydrogen) atoms. The molecule has 110 valence electrons. The lowest BCUT2D eigenvalue weighted by Crippen LogP contribution is -2.38. The highest BCUT2D eigenvalue weighted by Gasteiger charge is 2.15. The molecule has 7 nitrogen and oxygen atoms in total. The smallest absolute Gasteiger partial charge is 0.279 e. The predicted molar refractivity (Wildman–Crippen MR) is 77.5 cm³/mol. The van der Waals surface area contributed by atoms with Crippen molar-refractivity contribution in [3.05, 3.63) is 52.3 Å². The summed E-state index contributed by atoms with van der Waals surface area (Å²) in [5.41, 5.74) is 2.73. The third-order valence-corrected chi connectivity index (χ3v) is 2.93. The summed E-state index contributed by atoms with van der Waals surface area (Å²) in [5.74, 6) is 4.47. The first-order valence-corrected chi connectivity index (χ1v) is 6.35. The van der Waals surface area contributed by atoms with E-state index in [1.165, 1.54) is 17.9 Å². The molecule has 0 saturated carbocycles. The molecular formula is C14H16N4O3. The molecule has 1 amide bonds. The van der Waals surface area contributed by atoms with Crippen LogP contribution < -0.4 is 16.8 Å². The molecular weight excluding hydrogens is 272 g/mol. The summed E-state index contributed by atoms with van der Waals surface area (Å²) in [7, 11) is 1.53. The van der Waals surface area contributed by atoms with E-state index in [9.17, 15) is 9.59 Å². The number of hydrogen-bond acceptors (Lipinski definition) is 5. The molecule has 0 bridgehead atoms. The number of methoxy groups -OCH3 is 1. The molecule has 2 rings (SSSR count). The molecule has 7 heteroatoms. The van der Waals surface area contributed by atoms with Gasteiger partial charge in [-0.1, -0.05) is 30.3 Å². The minimum atomic E-state index is -0.647. The number of nitrogens with zero attached hydrogens (tertiary/aromatic N) is 2. The summed E-state index contributed by atoms with van der Waals surface area (Å²) >= 11 is 0. The molecule has 0 aliphatic heterocycles. The number of rotatable bonds is 5. The molecule has 0 unspecified atom stereocenters. The van der Waals surface area contributed by atoms with Crippen molar-refractivity contribution < 1.29 is 9.53 Å². The second kappa shape index (κ2) is 6.78. The number of nitrogens with one attached hydrogen (secondary N) is 1. The van der Waals surface area contributed by atoms with Crippen LogP contribution in [0.5, 0.6) is 0 Å². The molecule has 3 N–H and O–H groups in total. The quantitative estimate of drug-likeness (QED) is 0.464. The van der Waals surface area contributed by atoms with E-state index in [1.807, 2.05) is 35.8 Å². The van der Waals surface area contributed by atoms with Gasteiger partial charge in [0.25, 0.3) is 11.5 Å². The number of benzene rings is 1. The fourth-order valence-electron chi connectivity index (χ4n) is 1.86. The van der Waals surface area contributed by atoms with Gasteiger partial charge >= 0.3 is 0 Å². The van der Waals surface area contributed by atoms with Gasteiger partial charge in [-0.25, -0.2) is 10.5 Å². The van der Waals surface area contributed by atoms with Gasteiger partial charge in [0.2, 0.25) is 0 Å². The molecule has 0 aliphatic carbocycles. The van der Waals surface area contributed by atoms with Gasteiger partial charge in [-0.05, 0) is 6.07 Å². The van der Waals surface area contributed by atoms with Crippen molar-refractivity contribution in [1.29, 1.82) is 0 Å². The van der Waals surface area contributed by atoms with Crippen molar-refractivity contribution in [2.45, 2.75) is 6.54 Å². The highest BCUT2D eigenvalue weighted by molar-refractivity contribution is 5.94. The highest BCUT2D eigenvalue weighted by Crippen LogP contribution is 2.15. The van der Waals surface area contributed by atoms with E-state index in [1.54, 1.807) is 0 Å². The van der Waals surface area contributed by atoms with Crippen LogP contribution in [-0.4, -0.2) is 29.4 Å². The number of nitrogen functional groups attached to an aromatic ring is 1. The highest BCUT2D eigenvalue weighted by atomic mass is 16.5. The average molecular weight is 288 g/mol. The van der Waals surface area contributed by atoms with Crippen molar-refractivity contribution in [1.82, 2.24) is 15.2 Å². The first-order chi connectivity index (χ1) is 10.2. The molecule has 0 spiro atoms. The molecule has 0 fully saturated rings. The largest absolute Gasteiger partial charge is 0.383 e. The monoisotopic (exact) mass is 288 g/mol. The second-order valence-corrected chi connectivity index (χ2v) is 4.30. The molecule has 0 atom stereocenters. The minimum absolute atomic E-state index is 0.0533. The molecule has 1 aromatic heterocycles. The number of amides is 1. The molecule has 1 aromatic carbocycles. The Balaban J connectivity index is 2.56. The first-order valence-electron chi connectivity index (χ1n) is 6.35. The lowest BCUT2D eigenvalue weighted by atomic mass is 10.1. The SMILES string of the molecule is COCCn1nc(-c2ccccc2)cc(C(=O)NN)c1=O. The Morgan fingerprint density at radius 3 is 2.71 bits per heavy atom. The Hall–Kier alpha value is -2.51. The summed E-state index contributed by atoms with van der Waals surface area (Å²) in [5, 5.41) is 4.26. The standard InChI is InChI=1S/C14H16N4O3/c1-21-8-7-18-14(20)11(13(19)16-15)9-12(17-18)10-5-3-2-4-6-10/h2-6,9H,7-8,15H2,1H3,(H,16,19). The predicted octanol–water partition coefficient (Wildman–Crippen LogP) is 0.160. The molecule has 0 aliphatic rings. The summed E-state index contributed by atoms with van der Waals surface area (Å²) in [6, 6.07) is 10.7. The van der Waals surface area contributed by atoms with Crippen LogP contribution in [0.25, 0.3) is 11.3 Å². The number of carbonyl (C=O) groups excluding carboxylic acids is 1. The number of aromatic nitrogens is 2. The maximum absolute atomic E-state index is 12.2. The van der Waals surface area contributed by atoms with E-state index in [2.05, 4.69) is 5.10 Å². The number of ether oxygens (including phenoxy) is 1. The summed E-state index contributed by atoms with van der Waals surface area (Å²) < 4.78 is 6.15. The van der Waals surface area contributed by atoms with Gasteiger partial charge < -0.3 is 4.74 Å². The van der Waals surface area contributed by atoms with Crippen LogP contribution in [0.1, 0.15) is 10.4 Å². The summed E-state index contributed by atoms with van der Waals surface area (Å²) in [6.07, 6.45) is 0. The second-order valence-electron chi connectivity index (χ2n) is 4.30. The van der Waals surface area contributed by atoms with Crippen molar-refractivity contribution in [3.8, 4) is 11.3 Å². The number of nitrogens with two attached hydrogens (primary N) is 1. The summed E-state index contributed by atoms with van der Waals surface area (Å²) in [6.45, 7) is 0.565. The van der Waals surface area contributed by atoms with Crippen LogP contribution in [0.3, 0.4) is 0 Å². The zero-order valence-electron chi connectivity index (χ0n) is 11.6. The van der Waals surface area contributed by atoms with Crippen LogP contribution in [0.4, 0.5) is 0 Å². The Morgan fingerprint density at radius 1 is 1.38 bits per heavy atom. The third-order valence-electron chi connectivity index (χ3n) is 2.93. The molecule has 0 saturated heterocycles. The van der Waals surface area contributed by atoms with E-state index >= 15 is 0 Å². The zero-order valence-corrected chi connectivity index (χ0v) is 11.6. The normalized spacial score (nSPS) is 10.4. The van der Waals surface area contributed by atoms with Gasteiger partial charge in [-0.3, -0.25) is 15.0 Å². The van der Waals surface area contributed by atoms with Gasteiger partial charge in [0, 0.05) is 12.7 Å². The molecule has 1 heterocycles. The van der Waals surface area contributed by atoms with Crippen molar-refractivity contribution >= 4 is 5.91 Å². The van der Waals surface area contributed by atoms with Crippen LogP contribution in [0.2, 0.25) is 0 Å². The van der Waals surface area contributed by atoms with Gasteiger partial charge in [0.05, 0.1) is 18.8 Å². The molecule has 0 radical (unpaired) electrons. The maximum Gasteiger partial charge on any atom is 0.279 e. The third kappa shape index (κ3) is 3.33. The van der Waals surface area contributed by atoms with E-state index in [4.69, 9.17) is 10.6 Å². The van der Waals surface area contributed by atoms with Crippen LogP contribution in [0.15, 0.2) is 41.2 Å². The fourth-order valence-corrected chi connectivity index (χ4v) is 1.86. The number of hydrazine groups is 1. The fraction of sp³-hybridized carbons (Fsp3) is 0.214. The Bertz CT molecular complexity index is 682. The van der Waals surface area contributed by atoms with E-state index < -0.39 is 11.5 Å². The first kappa shape index (κ1) is 14.9. The average Bonchev–Trinajstić information content (AvgIpc) is 2.54. The lowest BCUT2D eigenvalue weighted by Gasteiger charge is -2.09. The van der Waals surface area contributed by atoms with Crippen molar-refractivity contribution in [2.75, 3.05) is 13.7 Å². The summed E-state index contributed by atoms with van der Waals surface area (Å²) in [4.78, 5) is 23.9. The van der Waals surface area contributed by atoms with E-state index in [0.29, 0.717) is 12.3 Å². The number of carbonyl (C=O) groups is 1. The van der Waals surface area contributed by atoms with E-state index in [-0.39, 0.29) is 12.1 Å². The number of hydrogen-bond donors (Lipinski definition) is 2. The Labute approximate surface area is 121 Å². The Kier molecular flexibility index (Phi) is 4.81. The van der Waals surface area contributed by atoms with Crippen molar-refractivity contribution in [3.63, 3.8) is 0 Å². The van der Waals surface area contributed by atoms with Crippen LogP contribution in [0, 0.1) is 0 Å². The van der Waals surface area contributed by atoms with Crippen LogP contribution >= 0.6 is 0 Å². The van der Waals surface area contributed by atoms with Gasteiger partial charge in [-0.15, -0.1) is 0 Å². The maximum atomic E-state index is 12.2. The topological polar surface area (TPSA) is 99.2 Å². The van der Waals surface area contributed by atoms with E-state index in [0.717, 1.165) is 5.56 Å². The van der Waals surface area contributed by atoms with Crippen molar-refractivity contribution in [2.24, 2.45) is 5.84 Å². The zero-order chi connectivity index (χ0) is 15.2. The van der Waals surface area contributed by atoms with Gasteiger partial charge in [0.1, 0.15) is 5.56 Å².